The molecule has 1 N–H and O–H groups in total. The number of hydrogen-bond acceptors (Lipinski definition) is 4. The molecule has 162 valence electrons. The van der Waals surface area contributed by atoms with Crippen LogP contribution in [0.5, 0.6) is 0 Å². The number of pyridine rings is 1. The van der Waals surface area contributed by atoms with Crippen LogP contribution in [0, 0.1) is 5.82 Å². The molecule has 0 atom stereocenters. The lowest BCUT2D eigenvalue weighted by molar-refractivity contribution is 0.0909. The quantitative estimate of drug-likeness (QED) is 0.522. The molecule has 2 aromatic carbocycles. The lowest BCUT2D eigenvalue weighted by Crippen LogP contribution is -2.44. The zero-order chi connectivity index (χ0) is 21.9. The Hall–Kier alpha value is -3.58. The van der Waals surface area contributed by atoms with E-state index in [-0.39, 0.29) is 17.8 Å². The van der Waals surface area contributed by atoms with Crippen molar-refractivity contribution in [1.29, 1.82) is 0 Å². The Morgan fingerprint density at radius 3 is 2.50 bits per heavy atom. The summed E-state index contributed by atoms with van der Waals surface area (Å²) in [6, 6.07) is 20.2. The standard InChI is InChI=1S/C25H24FN5O/c26-21-8-6-19(7-9-21)24-29-28-23-16-20(10-15-31(23)24)25(32)27-22-11-13-30(14-12-22)17-18-4-2-1-3-5-18/h1-10,15-16,22H,11-14,17H2,(H,27,32). The molecule has 1 fully saturated rings. The van der Waals surface area contributed by atoms with Crippen LogP contribution >= 0.6 is 0 Å². The fraction of sp³-hybridized carbons (Fsp3) is 0.240. The number of nitrogens with zero attached hydrogens (tertiary/aromatic N) is 4. The maximum absolute atomic E-state index is 13.2. The second kappa shape index (κ2) is 8.88. The largest absolute Gasteiger partial charge is 0.349 e. The molecule has 1 aliphatic heterocycles. The molecular formula is C25H24FN5O. The average molecular weight is 429 g/mol. The Morgan fingerprint density at radius 1 is 1.00 bits per heavy atom. The second-order valence-electron chi connectivity index (χ2n) is 8.18. The van der Waals surface area contributed by atoms with Crippen LogP contribution in [-0.4, -0.2) is 44.5 Å². The van der Waals surface area contributed by atoms with E-state index in [0.29, 0.717) is 17.0 Å². The van der Waals surface area contributed by atoms with E-state index in [0.717, 1.165) is 38.0 Å². The van der Waals surface area contributed by atoms with Crippen molar-refractivity contribution < 1.29 is 9.18 Å². The van der Waals surface area contributed by atoms with Crippen molar-refractivity contribution in [2.75, 3.05) is 13.1 Å². The maximum atomic E-state index is 13.2. The minimum Gasteiger partial charge on any atom is -0.349 e. The third kappa shape index (κ3) is 4.38. The minimum atomic E-state index is -0.299. The number of hydrogen-bond donors (Lipinski definition) is 1. The van der Waals surface area contributed by atoms with Crippen molar-refractivity contribution in [2.24, 2.45) is 0 Å². The lowest BCUT2D eigenvalue weighted by atomic mass is 10.0. The van der Waals surface area contributed by atoms with Gasteiger partial charge in [0.25, 0.3) is 5.91 Å². The summed E-state index contributed by atoms with van der Waals surface area (Å²) in [6.45, 7) is 2.87. The molecule has 0 radical (unpaired) electrons. The van der Waals surface area contributed by atoms with Crippen molar-refractivity contribution in [3.63, 3.8) is 0 Å². The van der Waals surface area contributed by atoms with Gasteiger partial charge in [-0.25, -0.2) is 4.39 Å². The predicted octanol–water partition coefficient (Wildman–Crippen LogP) is 3.93. The Bertz CT molecular complexity index is 1210. The summed E-state index contributed by atoms with van der Waals surface area (Å²) in [5.74, 6) is 0.213. The normalized spacial score (nSPS) is 15.2. The van der Waals surface area contributed by atoms with Gasteiger partial charge < -0.3 is 5.32 Å². The molecule has 0 spiro atoms. The summed E-state index contributed by atoms with van der Waals surface area (Å²) in [6.07, 6.45) is 3.65. The van der Waals surface area contributed by atoms with Crippen LogP contribution in [-0.2, 0) is 6.54 Å². The Labute approximate surface area is 185 Å². The molecule has 0 bridgehead atoms. The van der Waals surface area contributed by atoms with Crippen molar-refractivity contribution in [3.8, 4) is 11.4 Å². The van der Waals surface area contributed by atoms with E-state index in [2.05, 4.69) is 44.7 Å². The number of carbonyl (C=O) groups is 1. The summed E-state index contributed by atoms with van der Waals surface area (Å²) in [4.78, 5) is 15.2. The van der Waals surface area contributed by atoms with Gasteiger partial charge in [-0.05, 0) is 54.8 Å². The van der Waals surface area contributed by atoms with Gasteiger partial charge in [0.15, 0.2) is 11.5 Å². The molecule has 3 heterocycles. The number of likely N-dealkylation sites (tertiary alicyclic amines) is 1. The fourth-order valence-electron chi connectivity index (χ4n) is 4.17. The van der Waals surface area contributed by atoms with E-state index in [1.165, 1.54) is 17.7 Å². The molecule has 4 aromatic rings. The smallest absolute Gasteiger partial charge is 0.251 e. The molecule has 0 unspecified atom stereocenters. The van der Waals surface area contributed by atoms with Crippen LogP contribution in [0.15, 0.2) is 72.9 Å². The summed E-state index contributed by atoms with van der Waals surface area (Å²) in [5, 5.41) is 11.6. The number of piperidine rings is 1. The number of nitrogens with one attached hydrogen (secondary N) is 1. The average Bonchev–Trinajstić information content (AvgIpc) is 3.25. The highest BCUT2D eigenvalue weighted by molar-refractivity contribution is 5.95. The Kier molecular flexibility index (Phi) is 5.64. The van der Waals surface area contributed by atoms with E-state index in [9.17, 15) is 9.18 Å². The van der Waals surface area contributed by atoms with E-state index in [4.69, 9.17) is 0 Å². The first kappa shape index (κ1) is 20.3. The van der Waals surface area contributed by atoms with Crippen LogP contribution in [0.25, 0.3) is 17.0 Å². The van der Waals surface area contributed by atoms with E-state index >= 15 is 0 Å². The maximum Gasteiger partial charge on any atom is 0.251 e. The molecule has 1 saturated heterocycles. The number of benzene rings is 2. The number of carbonyl (C=O) groups excluding carboxylic acids is 1. The first-order valence-electron chi connectivity index (χ1n) is 10.8. The summed E-state index contributed by atoms with van der Waals surface area (Å²) in [7, 11) is 0. The zero-order valence-corrected chi connectivity index (χ0v) is 17.6. The van der Waals surface area contributed by atoms with Crippen LogP contribution in [0.4, 0.5) is 4.39 Å². The number of halogens is 1. The van der Waals surface area contributed by atoms with Crippen LogP contribution < -0.4 is 5.32 Å². The highest BCUT2D eigenvalue weighted by Gasteiger charge is 2.21. The molecule has 0 saturated carbocycles. The summed E-state index contributed by atoms with van der Waals surface area (Å²) < 4.78 is 15.0. The monoisotopic (exact) mass is 429 g/mol. The van der Waals surface area contributed by atoms with Crippen molar-refractivity contribution >= 4 is 11.6 Å². The summed E-state index contributed by atoms with van der Waals surface area (Å²) in [5.41, 5.74) is 3.21. The lowest BCUT2D eigenvalue weighted by Gasteiger charge is -2.32. The van der Waals surface area contributed by atoms with Gasteiger partial charge >= 0.3 is 0 Å². The predicted molar refractivity (Wildman–Crippen MR) is 121 cm³/mol. The minimum absolute atomic E-state index is 0.0969. The van der Waals surface area contributed by atoms with Crippen molar-refractivity contribution in [3.05, 3.63) is 89.9 Å². The number of rotatable bonds is 5. The molecular weight excluding hydrogens is 405 g/mol. The van der Waals surface area contributed by atoms with Crippen molar-refractivity contribution in [2.45, 2.75) is 25.4 Å². The number of fused-ring (bicyclic) bond motifs is 1. The van der Waals surface area contributed by atoms with E-state index in [1.807, 2.05) is 6.07 Å². The molecule has 1 amide bonds. The van der Waals surface area contributed by atoms with Gasteiger partial charge in [0.1, 0.15) is 5.82 Å². The molecule has 0 aliphatic carbocycles. The van der Waals surface area contributed by atoms with Crippen molar-refractivity contribution in [1.82, 2.24) is 24.8 Å². The highest BCUT2D eigenvalue weighted by Crippen LogP contribution is 2.20. The third-order valence-corrected chi connectivity index (χ3v) is 5.95. The highest BCUT2D eigenvalue weighted by atomic mass is 19.1. The van der Waals surface area contributed by atoms with E-state index in [1.54, 1.807) is 34.9 Å². The molecule has 32 heavy (non-hydrogen) atoms. The van der Waals surface area contributed by atoms with Crippen LogP contribution in [0.2, 0.25) is 0 Å². The van der Waals surface area contributed by atoms with Gasteiger partial charge in [-0.1, -0.05) is 30.3 Å². The molecule has 1 aliphatic rings. The van der Waals surface area contributed by atoms with Gasteiger partial charge in [0.2, 0.25) is 0 Å². The molecule has 7 heteroatoms. The number of aromatic nitrogens is 3. The van der Waals surface area contributed by atoms with Gasteiger partial charge in [0.05, 0.1) is 0 Å². The topological polar surface area (TPSA) is 62.5 Å². The van der Waals surface area contributed by atoms with Gasteiger partial charge in [0, 0.05) is 43.0 Å². The Balaban J connectivity index is 1.21. The van der Waals surface area contributed by atoms with Gasteiger partial charge in [-0.15, -0.1) is 10.2 Å². The SMILES string of the molecule is O=C(NC1CCN(Cc2ccccc2)CC1)c1ccn2c(-c3ccc(F)cc3)nnc2c1. The first-order valence-corrected chi connectivity index (χ1v) is 10.8. The zero-order valence-electron chi connectivity index (χ0n) is 17.6. The van der Waals surface area contributed by atoms with Gasteiger partial charge in [-0.2, -0.15) is 0 Å². The van der Waals surface area contributed by atoms with Crippen LogP contribution in [0.3, 0.4) is 0 Å². The number of amides is 1. The summed E-state index contributed by atoms with van der Waals surface area (Å²) >= 11 is 0. The fourth-order valence-corrected chi connectivity index (χ4v) is 4.17. The molecule has 6 nitrogen and oxygen atoms in total. The molecule has 2 aromatic heterocycles. The van der Waals surface area contributed by atoms with E-state index < -0.39 is 0 Å². The van der Waals surface area contributed by atoms with Crippen LogP contribution in [0.1, 0.15) is 28.8 Å². The Morgan fingerprint density at radius 2 is 1.75 bits per heavy atom. The third-order valence-electron chi connectivity index (χ3n) is 5.95. The first-order chi connectivity index (χ1) is 15.7. The second-order valence-corrected chi connectivity index (χ2v) is 8.18. The molecule has 5 rings (SSSR count). The van der Waals surface area contributed by atoms with Gasteiger partial charge in [-0.3, -0.25) is 14.1 Å².